The number of carbonyl (C=O) groups is 1. The molecule has 1 aliphatic rings. The molecule has 1 unspecified atom stereocenters. The molecule has 27 heavy (non-hydrogen) atoms. The van der Waals surface area contributed by atoms with Gasteiger partial charge in [0.15, 0.2) is 5.82 Å². The van der Waals surface area contributed by atoms with Gasteiger partial charge in [-0.25, -0.2) is 0 Å². The average molecular weight is 382 g/mol. The van der Waals surface area contributed by atoms with E-state index in [0.29, 0.717) is 12.2 Å². The van der Waals surface area contributed by atoms with Crippen molar-refractivity contribution in [3.63, 3.8) is 0 Å². The number of nitrogens with zero attached hydrogens (tertiary/aromatic N) is 3. The normalized spacial score (nSPS) is 16.4. The second-order valence-electron chi connectivity index (χ2n) is 6.93. The standard InChI is InChI=1S/C18H21F3N4O2/c1-24-9-8-15(23-24)22-17(27)14(10-12-4-2-3-5-12)25-11-13(18(19,20)21)6-7-16(25)26/h6-9,11-12,14H,2-5,10H2,1H3,(H,22,23,27). The van der Waals surface area contributed by atoms with Gasteiger partial charge in [0.2, 0.25) is 5.91 Å². The van der Waals surface area contributed by atoms with E-state index in [0.717, 1.165) is 48.6 Å². The summed E-state index contributed by atoms with van der Waals surface area (Å²) in [5.41, 5.74) is -1.59. The van der Waals surface area contributed by atoms with Crippen LogP contribution in [0.2, 0.25) is 0 Å². The van der Waals surface area contributed by atoms with Gasteiger partial charge >= 0.3 is 6.18 Å². The largest absolute Gasteiger partial charge is 0.417 e. The molecule has 0 spiro atoms. The second-order valence-corrected chi connectivity index (χ2v) is 6.93. The second kappa shape index (κ2) is 7.58. The Morgan fingerprint density at radius 1 is 1.30 bits per heavy atom. The van der Waals surface area contributed by atoms with Gasteiger partial charge in [-0.05, 0) is 18.4 Å². The number of rotatable bonds is 5. The molecule has 1 atom stereocenters. The van der Waals surface area contributed by atoms with Crippen LogP contribution in [0.4, 0.5) is 19.0 Å². The van der Waals surface area contributed by atoms with Crippen LogP contribution < -0.4 is 10.9 Å². The molecular weight excluding hydrogens is 361 g/mol. The van der Waals surface area contributed by atoms with E-state index < -0.39 is 29.2 Å². The van der Waals surface area contributed by atoms with Crippen LogP contribution >= 0.6 is 0 Å². The highest BCUT2D eigenvalue weighted by Gasteiger charge is 2.33. The zero-order chi connectivity index (χ0) is 19.6. The highest BCUT2D eigenvalue weighted by Crippen LogP contribution is 2.33. The van der Waals surface area contributed by atoms with Crippen LogP contribution in [0, 0.1) is 5.92 Å². The molecule has 1 N–H and O–H groups in total. The number of halogens is 3. The van der Waals surface area contributed by atoms with Crippen LogP contribution in [0.3, 0.4) is 0 Å². The summed E-state index contributed by atoms with van der Waals surface area (Å²) in [6.45, 7) is 0. The predicted molar refractivity (Wildman–Crippen MR) is 93.2 cm³/mol. The summed E-state index contributed by atoms with van der Waals surface area (Å²) in [6, 6.07) is 2.16. The molecule has 1 amide bonds. The third-order valence-corrected chi connectivity index (χ3v) is 4.90. The molecule has 3 rings (SSSR count). The molecule has 1 saturated carbocycles. The highest BCUT2D eigenvalue weighted by molar-refractivity contribution is 5.92. The van der Waals surface area contributed by atoms with Crippen molar-refractivity contribution in [3.8, 4) is 0 Å². The number of aryl methyl sites for hydroxylation is 1. The average Bonchev–Trinajstić information content (AvgIpc) is 3.24. The zero-order valence-electron chi connectivity index (χ0n) is 14.9. The van der Waals surface area contributed by atoms with Crippen molar-refractivity contribution in [1.82, 2.24) is 14.3 Å². The fraction of sp³-hybridized carbons (Fsp3) is 0.500. The minimum Gasteiger partial charge on any atom is -0.307 e. The fourth-order valence-corrected chi connectivity index (χ4v) is 3.51. The molecule has 1 aliphatic carbocycles. The molecule has 1 fully saturated rings. The molecule has 0 aliphatic heterocycles. The summed E-state index contributed by atoms with van der Waals surface area (Å²) in [7, 11) is 1.68. The van der Waals surface area contributed by atoms with Gasteiger partial charge in [0.05, 0.1) is 5.56 Å². The quantitative estimate of drug-likeness (QED) is 0.862. The van der Waals surface area contributed by atoms with Crippen molar-refractivity contribution in [2.24, 2.45) is 13.0 Å². The maximum Gasteiger partial charge on any atom is 0.417 e. The lowest BCUT2D eigenvalue weighted by molar-refractivity contribution is -0.138. The van der Waals surface area contributed by atoms with Crippen molar-refractivity contribution in [3.05, 3.63) is 46.5 Å². The zero-order valence-corrected chi connectivity index (χ0v) is 14.9. The van der Waals surface area contributed by atoms with E-state index in [1.54, 1.807) is 19.3 Å². The van der Waals surface area contributed by atoms with Crippen LogP contribution in [-0.2, 0) is 18.0 Å². The Labute approximate surface area is 154 Å². The first-order valence-electron chi connectivity index (χ1n) is 8.84. The molecule has 9 heteroatoms. The van der Waals surface area contributed by atoms with Crippen molar-refractivity contribution in [2.45, 2.75) is 44.3 Å². The molecule has 0 radical (unpaired) electrons. The molecule has 6 nitrogen and oxygen atoms in total. The third-order valence-electron chi connectivity index (χ3n) is 4.90. The monoisotopic (exact) mass is 382 g/mol. The van der Waals surface area contributed by atoms with Crippen LogP contribution in [0.5, 0.6) is 0 Å². The molecule has 2 aromatic heterocycles. The summed E-state index contributed by atoms with van der Waals surface area (Å²) in [5.74, 6) is -0.0492. The minimum absolute atomic E-state index is 0.200. The maximum absolute atomic E-state index is 13.1. The van der Waals surface area contributed by atoms with Crippen LogP contribution in [0.25, 0.3) is 0 Å². The molecule has 146 valence electrons. The summed E-state index contributed by atoms with van der Waals surface area (Å²) in [4.78, 5) is 25.1. The third kappa shape index (κ3) is 4.58. The SMILES string of the molecule is Cn1ccc(NC(=O)C(CC2CCCC2)n2cc(C(F)(F)F)ccc2=O)n1. The lowest BCUT2D eigenvalue weighted by Gasteiger charge is -2.23. The van der Waals surface area contributed by atoms with Gasteiger partial charge in [-0.1, -0.05) is 25.7 Å². The van der Waals surface area contributed by atoms with Crippen molar-refractivity contribution in [2.75, 3.05) is 5.32 Å². The topological polar surface area (TPSA) is 68.9 Å². The van der Waals surface area contributed by atoms with Gasteiger partial charge in [-0.3, -0.25) is 14.3 Å². The number of anilines is 1. The van der Waals surface area contributed by atoms with E-state index in [4.69, 9.17) is 0 Å². The predicted octanol–water partition coefficient (Wildman–Crippen LogP) is 3.36. The number of aromatic nitrogens is 3. The summed E-state index contributed by atoms with van der Waals surface area (Å²) < 4.78 is 41.7. The van der Waals surface area contributed by atoms with E-state index in [2.05, 4.69) is 10.4 Å². The Bertz CT molecular complexity index is 866. The molecule has 0 bridgehead atoms. The first-order valence-corrected chi connectivity index (χ1v) is 8.84. The molecule has 2 aromatic rings. The number of carbonyl (C=O) groups excluding carboxylic acids is 1. The lowest BCUT2D eigenvalue weighted by Crippen LogP contribution is -2.34. The number of amides is 1. The van der Waals surface area contributed by atoms with E-state index in [9.17, 15) is 22.8 Å². The van der Waals surface area contributed by atoms with Crippen molar-refractivity contribution >= 4 is 11.7 Å². The number of nitrogens with one attached hydrogen (secondary N) is 1. The Hall–Kier alpha value is -2.58. The molecule has 2 heterocycles. The van der Waals surface area contributed by atoms with Crippen LogP contribution in [-0.4, -0.2) is 20.3 Å². The van der Waals surface area contributed by atoms with E-state index >= 15 is 0 Å². The Morgan fingerprint density at radius 3 is 2.59 bits per heavy atom. The number of hydrogen-bond acceptors (Lipinski definition) is 3. The first kappa shape index (κ1) is 19.2. The highest BCUT2D eigenvalue weighted by atomic mass is 19.4. The first-order chi connectivity index (χ1) is 12.7. The molecule has 0 saturated heterocycles. The lowest BCUT2D eigenvalue weighted by atomic mass is 9.97. The van der Waals surface area contributed by atoms with Crippen LogP contribution in [0.1, 0.15) is 43.7 Å². The number of hydrogen-bond donors (Lipinski definition) is 1. The van der Waals surface area contributed by atoms with Gasteiger partial charge in [0.25, 0.3) is 5.56 Å². The van der Waals surface area contributed by atoms with Gasteiger partial charge < -0.3 is 9.88 Å². The number of alkyl halides is 3. The van der Waals surface area contributed by atoms with Gasteiger partial charge in [0.1, 0.15) is 6.04 Å². The number of pyridine rings is 1. The summed E-state index contributed by atoms with van der Waals surface area (Å²) >= 11 is 0. The summed E-state index contributed by atoms with van der Waals surface area (Å²) in [6.07, 6.45) is 1.96. The van der Waals surface area contributed by atoms with Crippen molar-refractivity contribution < 1.29 is 18.0 Å². The van der Waals surface area contributed by atoms with Gasteiger partial charge in [-0.2, -0.15) is 18.3 Å². The summed E-state index contributed by atoms with van der Waals surface area (Å²) in [5, 5.41) is 6.66. The minimum atomic E-state index is -4.59. The van der Waals surface area contributed by atoms with Crippen molar-refractivity contribution in [1.29, 1.82) is 0 Å². The molecule has 0 aromatic carbocycles. The van der Waals surface area contributed by atoms with Crippen LogP contribution in [0.15, 0.2) is 35.4 Å². The Balaban J connectivity index is 1.93. The maximum atomic E-state index is 13.1. The van der Waals surface area contributed by atoms with Gasteiger partial charge in [0, 0.05) is 31.6 Å². The fourth-order valence-electron chi connectivity index (χ4n) is 3.51. The van der Waals surface area contributed by atoms with Gasteiger partial charge in [-0.15, -0.1) is 0 Å². The molecular formula is C18H21F3N4O2. The van der Waals surface area contributed by atoms with E-state index in [1.807, 2.05) is 0 Å². The Kier molecular flexibility index (Phi) is 5.38. The van der Waals surface area contributed by atoms with E-state index in [1.165, 1.54) is 4.68 Å². The smallest absolute Gasteiger partial charge is 0.307 e. The van der Waals surface area contributed by atoms with E-state index in [-0.39, 0.29) is 5.92 Å². The Morgan fingerprint density at radius 2 is 2.00 bits per heavy atom.